The Kier molecular flexibility index (Phi) is 5.48. The Morgan fingerprint density at radius 2 is 1.94 bits per heavy atom. The first-order chi connectivity index (χ1) is 8.49. The number of halogens is 1. The van der Waals surface area contributed by atoms with Gasteiger partial charge in [0.25, 0.3) is 0 Å². The fourth-order valence-corrected chi connectivity index (χ4v) is 1.47. The van der Waals surface area contributed by atoms with Gasteiger partial charge >= 0.3 is 0 Å². The van der Waals surface area contributed by atoms with E-state index >= 15 is 0 Å². The Morgan fingerprint density at radius 1 is 1.33 bits per heavy atom. The van der Waals surface area contributed by atoms with Gasteiger partial charge in [-0.1, -0.05) is 12.1 Å². The Hall–Kier alpha value is -1.22. The molecule has 1 N–H and O–H groups in total. The number of hydrogen-bond donors (Lipinski definition) is 1. The summed E-state index contributed by atoms with van der Waals surface area (Å²) in [5.74, 6) is 1.11. The smallest absolute Gasteiger partial charge is 0.227 e. The molecule has 100 valence electrons. The molecule has 0 saturated heterocycles. The number of ether oxygens (including phenoxy) is 1. The minimum absolute atomic E-state index is 0.0358. The van der Waals surface area contributed by atoms with Crippen LogP contribution in [0.5, 0.6) is 5.75 Å². The minimum atomic E-state index is -0.535. The van der Waals surface area contributed by atoms with Gasteiger partial charge in [-0.25, -0.2) is 0 Å². The quantitative estimate of drug-likeness (QED) is 0.807. The van der Waals surface area contributed by atoms with E-state index in [1.165, 1.54) is 0 Å². The summed E-state index contributed by atoms with van der Waals surface area (Å²) in [7, 11) is 0. The summed E-state index contributed by atoms with van der Waals surface area (Å²) < 4.78 is 5.35. The summed E-state index contributed by atoms with van der Waals surface area (Å²) in [6, 6.07) is 7.69. The molecule has 3 nitrogen and oxygen atoms in total. The molecule has 0 unspecified atom stereocenters. The van der Waals surface area contributed by atoms with Crippen molar-refractivity contribution in [2.45, 2.75) is 27.3 Å². The van der Waals surface area contributed by atoms with E-state index in [4.69, 9.17) is 16.3 Å². The van der Waals surface area contributed by atoms with Crippen LogP contribution in [0.2, 0.25) is 0 Å². The fraction of sp³-hybridized carbons (Fsp3) is 0.500. The SMILES string of the molecule is CCOc1ccc(CNC(=O)C(C)(C)CCl)cc1. The van der Waals surface area contributed by atoms with Crippen molar-refractivity contribution in [1.82, 2.24) is 5.32 Å². The van der Waals surface area contributed by atoms with E-state index in [0.717, 1.165) is 11.3 Å². The third-order valence-electron chi connectivity index (χ3n) is 2.64. The fourth-order valence-electron chi connectivity index (χ4n) is 1.35. The molecule has 0 aromatic heterocycles. The average molecular weight is 270 g/mol. The number of amides is 1. The van der Waals surface area contributed by atoms with Crippen molar-refractivity contribution in [3.05, 3.63) is 29.8 Å². The highest BCUT2D eigenvalue weighted by Crippen LogP contribution is 2.17. The highest BCUT2D eigenvalue weighted by atomic mass is 35.5. The lowest BCUT2D eigenvalue weighted by molar-refractivity contribution is -0.128. The Bertz CT molecular complexity index is 387. The summed E-state index contributed by atoms with van der Waals surface area (Å²) in [6.45, 7) is 6.76. The van der Waals surface area contributed by atoms with Gasteiger partial charge in [0.2, 0.25) is 5.91 Å². The molecule has 18 heavy (non-hydrogen) atoms. The summed E-state index contributed by atoms with van der Waals surface area (Å²) >= 11 is 5.75. The molecule has 0 aliphatic heterocycles. The van der Waals surface area contributed by atoms with E-state index in [0.29, 0.717) is 19.0 Å². The predicted molar refractivity (Wildman–Crippen MR) is 74.0 cm³/mol. The number of carbonyl (C=O) groups is 1. The molecule has 0 aliphatic rings. The van der Waals surface area contributed by atoms with Crippen molar-refractivity contribution in [2.24, 2.45) is 5.41 Å². The molecule has 1 rings (SSSR count). The highest BCUT2D eigenvalue weighted by molar-refractivity contribution is 6.19. The first-order valence-electron chi connectivity index (χ1n) is 6.05. The van der Waals surface area contributed by atoms with Crippen molar-refractivity contribution in [3.63, 3.8) is 0 Å². The molecule has 0 spiro atoms. The monoisotopic (exact) mass is 269 g/mol. The van der Waals surface area contributed by atoms with Crippen LogP contribution in [0.1, 0.15) is 26.3 Å². The van der Waals surface area contributed by atoms with Gasteiger partial charge in [0.05, 0.1) is 12.0 Å². The van der Waals surface area contributed by atoms with E-state index in [-0.39, 0.29) is 5.91 Å². The van der Waals surface area contributed by atoms with Gasteiger partial charge < -0.3 is 10.1 Å². The van der Waals surface area contributed by atoms with Crippen LogP contribution in [0, 0.1) is 5.41 Å². The summed E-state index contributed by atoms with van der Waals surface area (Å²) in [4.78, 5) is 11.8. The third kappa shape index (κ3) is 4.22. The highest BCUT2D eigenvalue weighted by Gasteiger charge is 2.25. The van der Waals surface area contributed by atoms with Gasteiger partial charge in [-0.05, 0) is 38.5 Å². The van der Waals surface area contributed by atoms with E-state index < -0.39 is 5.41 Å². The van der Waals surface area contributed by atoms with Crippen molar-refractivity contribution in [2.75, 3.05) is 12.5 Å². The summed E-state index contributed by atoms with van der Waals surface area (Å²) in [5, 5.41) is 2.88. The van der Waals surface area contributed by atoms with Crippen LogP contribution in [0.4, 0.5) is 0 Å². The Labute approximate surface area is 113 Å². The molecule has 0 fully saturated rings. The van der Waals surface area contributed by atoms with Crippen LogP contribution in [0.15, 0.2) is 24.3 Å². The number of rotatable bonds is 6. The maximum atomic E-state index is 11.8. The van der Waals surface area contributed by atoms with Crippen LogP contribution in [-0.4, -0.2) is 18.4 Å². The van der Waals surface area contributed by atoms with Gasteiger partial charge in [0.1, 0.15) is 5.75 Å². The van der Waals surface area contributed by atoms with Crippen LogP contribution in [-0.2, 0) is 11.3 Å². The number of carbonyl (C=O) groups excluding carboxylic acids is 1. The molecule has 1 aromatic carbocycles. The lowest BCUT2D eigenvalue weighted by Crippen LogP contribution is -2.37. The summed E-state index contributed by atoms with van der Waals surface area (Å²) in [6.07, 6.45) is 0. The third-order valence-corrected chi connectivity index (χ3v) is 3.30. The number of hydrogen-bond acceptors (Lipinski definition) is 2. The van der Waals surface area contributed by atoms with Crippen LogP contribution >= 0.6 is 11.6 Å². The van der Waals surface area contributed by atoms with E-state index in [9.17, 15) is 4.79 Å². The summed E-state index contributed by atoms with van der Waals surface area (Å²) in [5.41, 5.74) is 0.504. The zero-order chi connectivity index (χ0) is 13.6. The molecule has 1 aromatic rings. The topological polar surface area (TPSA) is 38.3 Å². The predicted octanol–water partition coefficient (Wildman–Crippen LogP) is 2.97. The number of nitrogens with one attached hydrogen (secondary N) is 1. The van der Waals surface area contributed by atoms with Crippen LogP contribution < -0.4 is 10.1 Å². The molecule has 0 aliphatic carbocycles. The molecule has 0 radical (unpaired) electrons. The second-order valence-corrected chi connectivity index (χ2v) is 5.04. The lowest BCUT2D eigenvalue weighted by Gasteiger charge is -2.20. The van der Waals surface area contributed by atoms with Gasteiger partial charge in [-0.15, -0.1) is 11.6 Å². The van der Waals surface area contributed by atoms with Gasteiger partial charge in [0.15, 0.2) is 0 Å². The largest absolute Gasteiger partial charge is 0.494 e. The van der Waals surface area contributed by atoms with E-state index in [1.807, 2.05) is 45.0 Å². The molecular weight excluding hydrogens is 250 g/mol. The zero-order valence-corrected chi connectivity index (χ0v) is 11.9. The van der Waals surface area contributed by atoms with E-state index in [2.05, 4.69) is 5.32 Å². The molecule has 4 heteroatoms. The zero-order valence-electron chi connectivity index (χ0n) is 11.1. The van der Waals surface area contributed by atoms with E-state index in [1.54, 1.807) is 0 Å². The van der Waals surface area contributed by atoms with Crippen molar-refractivity contribution < 1.29 is 9.53 Å². The van der Waals surface area contributed by atoms with Gasteiger partial charge in [-0.3, -0.25) is 4.79 Å². The second-order valence-electron chi connectivity index (χ2n) is 4.78. The first kappa shape index (κ1) is 14.8. The van der Waals surface area contributed by atoms with Crippen LogP contribution in [0.3, 0.4) is 0 Å². The first-order valence-corrected chi connectivity index (χ1v) is 6.59. The lowest BCUT2D eigenvalue weighted by atomic mass is 9.95. The number of benzene rings is 1. The molecule has 0 atom stereocenters. The Balaban J connectivity index is 2.51. The normalized spacial score (nSPS) is 11.1. The van der Waals surface area contributed by atoms with Crippen molar-refractivity contribution >= 4 is 17.5 Å². The maximum absolute atomic E-state index is 11.8. The van der Waals surface area contributed by atoms with Gasteiger partial charge in [0, 0.05) is 12.4 Å². The average Bonchev–Trinajstić information content (AvgIpc) is 2.38. The molecular formula is C14H20ClNO2. The second kappa shape index (κ2) is 6.64. The Morgan fingerprint density at radius 3 is 2.44 bits per heavy atom. The molecule has 0 heterocycles. The molecule has 1 amide bonds. The molecule has 0 bridgehead atoms. The van der Waals surface area contributed by atoms with Crippen molar-refractivity contribution in [3.8, 4) is 5.75 Å². The standard InChI is InChI=1S/C14H20ClNO2/c1-4-18-12-7-5-11(6-8-12)9-16-13(17)14(2,3)10-15/h5-8H,4,9-10H2,1-3H3,(H,16,17). The maximum Gasteiger partial charge on any atom is 0.227 e. The number of alkyl halides is 1. The van der Waals surface area contributed by atoms with Gasteiger partial charge in [-0.2, -0.15) is 0 Å². The van der Waals surface area contributed by atoms with Crippen molar-refractivity contribution in [1.29, 1.82) is 0 Å². The molecule has 0 saturated carbocycles. The van der Waals surface area contributed by atoms with Crippen LogP contribution in [0.25, 0.3) is 0 Å². The minimum Gasteiger partial charge on any atom is -0.494 e.